The number of carbonyl (C=O) groups excluding carboxylic acids is 1. The van der Waals surface area contributed by atoms with Gasteiger partial charge in [-0.05, 0) is 41.4 Å². The van der Waals surface area contributed by atoms with Crippen LogP contribution in [-0.2, 0) is 17.3 Å². The van der Waals surface area contributed by atoms with Gasteiger partial charge in [0.15, 0.2) is 0 Å². The standard InChI is InChI=1S/C22H24N4O.HI/c1-25-16-26(15-24-25)20-13-12-19(14-20)22(21(23)27,17-8-4-2-5-9-17)18-10-6-3-7-11-18;/h2-11,15-16,19-20H,12-14H2,1H3,(H-,23,27);1H/t19-,20+;/m1./s1. The summed E-state index contributed by atoms with van der Waals surface area (Å²) in [5, 5.41) is 4.29. The normalized spacial score (nSPS) is 19.2. The first-order chi connectivity index (χ1) is 13.1. The molecule has 3 aromatic rings. The lowest BCUT2D eigenvalue weighted by Gasteiger charge is -2.37. The average molecular weight is 488 g/mol. The van der Waals surface area contributed by atoms with E-state index in [1.54, 1.807) is 0 Å². The lowest BCUT2D eigenvalue weighted by Crippen LogP contribution is -3.00. The predicted molar refractivity (Wildman–Crippen MR) is 103 cm³/mol. The molecule has 146 valence electrons. The van der Waals surface area contributed by atoms with Gasteiger partial charge in [0, 0.05) is 0 Å². The van der Waals surface area contributed by atoms with Gasteiger partial charge in [0.25, 0.3) is 6.33 Å². The number of hydrogen-bond donors (Lipinski definition) is 1. The zero-order valence-electron chi connectivity index (χ0n) is 15.9. The lowest BCUT2D eigenvalue weighted by atomic mass is 9.64. The molecule has 6 heteroatoms. The molecule has 5 nitrogen and oxygen atoms in total. The minimum Gasteiger partial charge on any atom is -1.00 e. The van der Waals surface area contributed by atoms with Gasteiger partial charge < -0.3 is 29.7 Å². The highest BCUT2D eigenvalue weighted by atomic mass is 127. The summed E-state index contributed by atoms with van der Waals surface area (Å²) in [6.45, 7) is 0. The first-order valence-corrected chi connectivity index (χ1v) is 9.42. The highest BCUT2D eigenvalue weighted by Crippen LogP contribution is 2.49. The van der Waals surface area contributed by atoms with Crippen molar-refractivity contribution >= 4 is 5.91 Å². The van der Waals surface area contributed by atoms with Crippen LogP contribution in [-0.4, -0.2) is 15.6 Å². The Labute approximate surface area is 182 Å². The molecular formula is C22H25IN4O. The van der Waals surface area contributed by atoms with Crippen LogP contribution in [0.15, 0.2) is 73.3 Å². The predicted octanol–water partition coefficient (Wildman–Crippen LogP) is -0.476. The summed E-state index contributed by atoms with van der Waals surface area (Å²) in [6, 6.07) is 20.3. The van der Waals surface area contributed by atoms with E-state index in [1.807, 2.05) is 85.0 Å². The molecule has 2 N–H and O–H groups in total. The van der Waals surface area contributed by atoms with Gasteiger partial charge in [0.05, 0.1) is 0 Å². The molecule has 1 saturated carbocycles. The summed E-state index contributed by atoms with van der Waals surface area (Å²) in [5.41, 5.74) is 7.28. The molecular weight excluding hydrogens is 463 g/mol. The van der Waals surface area contributed by atoms with Crippen LogP contribution in [0.4, 0.5) is 0 Å². The number of benzene rings is 2. The molecule has 0 unspecified atom stereocenters. The smallest absolute Gasteiger partial charge is 0.265 e. The molecule has 1 aromatic heterocycles. The summed E-state index contributed by atoms with van der Waals surface area (Å²) in [5.74, 6) is -0.140. The number of halogens is 1. The zero-order chi connectivity index (χ0) is 18.9. The maximum Gasteiger partial charge on any atom is 0.265 e. The molecule has 1 amide bonds. The Morgan fingerprint density at radius 1 is 1.07 bits per heavy atom. The molecule has 2 aromatic carbocycles. The molecule has 1 aliphatic carbocycles. The zero-order valence-corrected chi connectivity index (χ0v) is 18.1. The summed E-state index contributed by atoms with van der Waals surface area (Å²) < 4.78 is 3.96. The van der Waals surface area contributed by atoms with Gasteiger partial charge in [-0.25, -0.2) is 4.57 Å². The third-order valence-electron chi connectivity index (χ3n) is 5.95. The van der Waals surface area contributed by atoms with Gasteiger partial charge in [-0.2, -0.15) is 0 Å². The number of aromatic nitrogens is 3. The molecule has 4 rings (SSSR count). The minimum atomic E-state index is -0.819. The van der Waals surface area contributed by atoms with Crippen LogP contribution in [0, 0.1) is 5.92 Å². The highest BCUT2D eigenvalue weighted by Gasteiger charge is 2.50. The molecule has 1 heterocycles. The fourth-order valence-electron chi connectivity index (χ4n) is 4.73. The Hall–Kier alpha value is -2.22. The minimum absolute atomic E-state index is 0. The van der Waals surface area contributed by atoms with Crippen molar-refractivity contribution in [3.05, 3.63) is 84.4 Å². The topological polar surface area (TPSA) is 64.8 Å². The molecule has 0 bridgehead atoms. The molecule has 28 heavy (non-hydrogen) atoms. The van der Waals surface area contributed by atoms with E-state index in [0.717, 1.165) is 30.4 Å². The number of nitrogens with two attached hydrogens (primary N) is 1. The number of hydrogen-bond acceptors (Lipinski definition) is 2. The quantitative estimate of drug-likeness (QED) is 0.390. The van der Waals surface area contributed by atoms with Crippen molar-refractivity contribution in [2.75, 3.05) is 0 Å². The molecule has 0 spiro atoms. The summed E-state index contributed by atoms with van der Waals surface area (Å²) in [6.07, 6.45) is 6.71. The number of carbonyl (C=O) groups is 1. The molecule has 2 atom stereocenters. The molecule has 1 fully saturated rings. The van der Waals surface area contributed by atoms with E-state index in [0.29, 0.717) is 6.04 Å². The van der Waals surface area contributed by atoms with Crippen LogP contribution in [0.1, 0.15) is 36.4 Å². The van der Waals surface area contributed by atoms with Crippen molar-refractivity contribution < 1.29 is 33.5 Å². The van der Waals surface area contributed by atoms with Crippen molar-refractivity contribution in [3.8, 4) is 0 Å². The molecule has 0 saturated heterocycles. The van der Waals surface area contributed by atoms with E-state index in [1.165, 1.54) is 0 Å². The Bertz CT molecular complexity index is 886. The van der Waals surface area contributed by atoms with Crippen LogP contribution in [0.2, 0.25) is 0 Å². The van der Waals surface area contributed by atoms with Gasteiger partial charge in [0.2, 0.25) is 12.2 Å². The number of aryl methyl sites for hydroxylation is 1. The average Bonchev–Trinajstić information content (AvgIpc) is 3.33. The second-order valence-corrected chi connectivity index (χ2v) is 7.44. The van der Waals surface area contributed by atoms with Crippen molar-refractivity contribution in [1.82, 2.24) is 9.67 Å². The van der Waals surface area contributed by atoms with Crippen molar-refractivity contribution in [1.29, 1.82) is 0 Å². The Kier molecular flexibility index (Phi) is 6.17. The summed E-state index contributed by atoms with van der Waals surface area (Å²) >= 11 is 0. The second kappa shape index (κ2) is 8.43. The summed E-state index contributed by atoms with van der Waals surface area (Å²) in [4.78, 5) is 13.1. The Morgan fingerprint density at radius 2 is 1.64 bits per heavy atom. The Balaban J connectivity index is 0.00000225. The molecule has 0 radical (unpaired) electrons. The summed E-state index contributed by atoms with van der Waals surface area (Å²) in [7, 11) is 1.92. The van der Waals surface area contributed by atoms with Crippen LogP contribution in [0.25, 0.3) is 0 Å². The SMILES string of the molecule is C[n+]1cn([C@H]2CC[C@@H](C(C(N)=O)(c3ccccc3)c3ccccc3)C2)cn1.[I-]. The van der Waals surface area contributed by atoms with Gasteiger partial charge in [-0.3, -0.25) is 4.79 Å². The number of amides is 1. The Morgan fingerprint density at radius 3 is 2.11 bits per heavy atom. The van der Waals surface area contributed by atoms with Crippen LogP contribution >= 0.6 is 0 Å². The van der Waals surface area contributed by atoms with E-state index in [2.05, 4.69) is 9.67 Å². The van der Waals surface area contributed by atoms with Gasteiger partial charge in [0.1, 0.15) is 18.5 Å². The van der Waals surface area contributed by atoms with E-state index in [9.17, 15) is 4.79 Å². The third kappa shape index (κ3) is 3.45. The number of rotatable bonds is 5. The van der Waals surface area contributed by atoms with E-state index in [4.69, 9.17) is 5.73 Å². The van der Waals surface area contributed by atoms with Crippen molar-refractivity contribution in [2.45, 2.75) is 30.7 Å². The molecule has 0 aliphatic heterocycles. The number of primary amides is 1. The van der Waals surface area contributed by atoms with Gasteiger partial charge in [-0.15, -0.1) is 4.68 Å². The molecule has 1 aliphatic rings. The third-order valence-corrected chi connectivity index (χ3v) is 5.95. The van der Waals surface area contributed by atoms with Crippen molar-refractivity contribution in [3.63, 3.8) is 0 Å². The lowest BCUT2D eigenvalue weighted by molar-refractivity contribution is -0.728. The first kappa shape index (κ1) is 20.5. The van der Waals surface area contributed by atoms with E-state index < -0.39 is 5.41 Å². The largest absolute Gasteiger partial charge is 1.00 e. The van der Waals surface area contributed by atoms with Crippen LogP contribution in [0.5, 0.6) is 0 Å². The second-order valence-electron chi connectivity index (χ2n) is 7.44. The van der Waals surface area contributed by atoms with E-state index >= 15 is 0 Å². The van der Waals surface area contributed by atoms with E-state index in [-0.39, 0.29) is 35.8 Å². The maximum absolute atomic E-state index is 13.1. The fourth-order valence-corrected chi connectivity index (χ4v) is 4.73. The first-order valence-electron chi connectivity index (χ1n) is 9.42. The number of nitrogens with zero attached hydrogens (tertiary/aromatic N) is 3. The highest BCUT2D eigenvalue weighted by molar-refractivity contribution is 5.91. The van der Waals surface area contributed by atoms with Gasteiger partial charge >= 0.3 is 0 Å². The van der Waals surface area contributed by atoms with Crippen molar-refractivity contribution in [2.24, 2.45) is 18.7 Å². The van der Waals surface area contributed by atoms with Gasteiger partial charge in [-0.1, -0.05) is 60.7 Å². The maximum atomic E-state index is 13.1. The van der Waals surface area contributed by atoms with Crippen LogP contribution in [0.3, 0.4) is 0 Å². The van der Waals surface area contributed by atoms with Crippen LogP contribution < -0.4 is 34.4 Å². The fraction of sp³-hybridized carbons (Fsp3) is 0.318. The monoisotopic (exact) mass is 488 g/mol.